The average molecular weight is 308 g/mol. The summed E-state index contributed by atoms with van der Waals surface area (Å²) >= 11 is 0. The summed E-state index contributed by atoms with van der Waals surface area (Å²) in [7, 11) is 0. The molecule has 0 bridgehead atoms. The third-order valence-electron chi connectivity index (χ3n) is 4.65. The van der Waals surface area contributed by atoms with Crippen LogP contribution >= 0.6 is 0 Å². The molecular weight excluding hydrogens is 284 g/mol. The van der Waals surface area contributed by atoms with E-state index in [4.69, 9.17) is 0 Å². The van der Waals surface area contributed by atoms with Crippen molar-refractivity contribution in [3.8, 4) is 0 Å². The van der Waals surface area contributed by atoms with Crippen LogP contribution < -0.4 is 5.32 Å². The van der Waals surface area contributed by atoms with Crippen molar-refractivity contribution in [2.45, 2.75) is 32.2 Å². The molecule has 0 atom stereocenters. The molecule has 3 heteroatoms. The van der Waals surface area contributed by atoms with E-state index in [1.54, 1.807) is 0 Å². The Hall–Kier alpha value is -2.29. The smallest absolute Gasteiger partial charge is 0.317 e. The molecule has 1 heterocycles. The summed E-state index contributed by atoms with van der Waals surface area (Å²) in [5.74, 6) is 0. The van der Waals surface area contributed by atoms with E-state index in [0.717, 1.165) is 13.0 Å². The van der Waals surface area contributed by atoms with Crippen molar-refractivity contribution in [2.75, 3.05) is 13.1 Å². The van der Waals surface area contributed by atoms with E-state index in [-0.39, 0.29) is 11.4 Å². The molecule has 0 aromatic heterocycles. The molecule has 0 saturated heterocycles. The minimum atomic E-state index is -0.0788. The Morgan fingerprint density at radius 3 is 2.43 bits per heavy atom. The zero-order valence-electron chi connectivity index (χ0n) is 13.9. The Morgan fingerprint density at radius 2 is 1.70 bits per heavy atom. The molecule has 0 spiro atoms. The zero-order valence-corrected chi connectivity index (χ0v) is 13.9. The first-order valence-corrected chi connectivity index (χ1v) is 8.21. The fourth-order valence-electron chi connectivity index (χ4n) is 3.07. The lowest BCUT2D eigenvalue weighted by Crippen LogP contribution is -2.46. The highest BCUT2D eigenvalue weighted by atomic mass is 16.2. The summed E-state index contributed by atoms with van der Waals surface area (Å²) in [6, 6.07) is 18.7. The van der Waals surface area contributed by atoms with Gasteiger partial charge in [0, 0.05) is 25.0 Å². The minimum absolute atomic E-state index is 0.0310. The second kappa shape index (κ2) is 6.45. The number of hydrogen-bond donors (Lipinski definition) is 1. The maximum absolute atomic E-state index is 12.5. The summed E-state index contributed by atoms with van der Waals surface area (Å²) < 4.78 is 0. The molecule has 2 amide bonds. The molecule has 0 unspecified atom stereocenters. The van der Waals surface area contributed by atoms with Crippen LogP contribution in [0.3, 0.4) is 0 Å². The zero-order chi connectivity index (χ0) is 16.3. The first-order chi connectivity index (χ1) is 11.1. The molecule has 120 valence electrons. The Morgan fingerprint density at radius 1 is 1.04 bits per heavy atom. The number of carbonyl (C=O) groups excluding carboxylic acids is 1. The SMILES string of the molecule is CC(C)(CNC(=O)N1CCc2ccccc2C1)c1ccccc1. The van der Waals surface area contributed by atoms with Crippen LogP contribution in [0.1, 0.15) is 30.5 Å². The molecule has 2 aromatic rings. The normalized spacial score (nSPS) is 14.3. The summed E-state index contributed by atoms with van der Waals surface area (Å²) in [4.78, 5) is 14.4. The number of fused-ring (bicyclic) bond motifs is 1. The average Bonchev–Trinajstić information content (AvgIpc) is 2.60. The number of amides is 2. The van der Waals surface area contributed by atoms with E-state index in [9.17, 15) is 4.79 Å². The topological polar surface area (TPSA) is 32.3 Å². The van der Waals surface area contributed by atoms with Gasteiger partial charge >= 0.3 is 6.03 Å². The van der Waals surface area contributed by atoms with Crippen LogP contribution in [0, 0.1) is 0 Å². The van der Waals surface area contributed by atoms with E-state index >= 15 is 0 Å². The van der Waals surface area contributed by atoms with Crippen LogP contribution in [0.5, 0.6) is 0 Å². The quantitative estimate of drug-likeness (QED) is 0.920. The lowest BCUT2D eigenvalue weighted by Gasteiger charge is -2.31. The summed E-state index contributed by atoms with van der Waals surface area (Å²) in [5, 5.41) is 3.11. The van der Waals surface area contributed by atoms with Crippen LogP contribution in [0.4, 0.5) is 4.79 Å². The summed E-state index contributed by atoms with van der Waals surface area (Å²) in [6.45, 7) is 6.44. The van der Waals surface area contributed by atoms with Gasteiger partial charge in [-0.3, -0.25) is 0 Å². The predicted molar refractivity (Wildman–Crippen MR) is 93.4 cm³/mol. The van der Waals surface area contributed by atoms with E-state index in [1.807, 2.05) is 29.2 Å². The van der Waals surface area contributed by atoms with Gasteiger partial charge in [0.1, 0.15) is 0 Å². The van der Waals surface area contributed by atoms with Gasteiger partial charge in [0.25, 0.3) is 0 Å². The highest BCUT2D eigenvalue weighted by Crippen LogP contribution is 2.22. The minimum Gasteiger partial charge on any atom is -0.337 e. The lowest BCUT2D eigenvalue weighted by molar-refractivity contribution is 0.190. The molecule has 1 aliphatic heterocycles. The Labute approximate surface area is 138 Å². The van der Waals surface area contributed by atoms with Gasteiger partial charge in [-0.2, -0.15) is 0 Å². The number of rotatable bonds is 3. The maximum atomic E-state index is 12.5. The maximum Gasteiger partial charge on any atom is 0.317 e. The van der Waals surface area contributed by atoms with E-state index in [2.05, 4.69) is 49.5 Å². The number of nitrogens with zero attached hydrogens (tertiary/aromatic N) is 1. The second-order valence-electron chi connectivity index (χ2n) is 6.85. The highest BCUT2D eigenvalue weighted by molar-refractivity contribution is 5.74. The molecule has 0 saturated carbocycles. The number of hydrogen-bond acceptors (Lipinski definition) is 1. The van der Waals surface area contributed by atoms with Gasteiger partial charge in [0.05, 0.1) is 0 Å². The summed E-state index contributed by atoms with van der Waals surface area (Å²) in [6.07, 6.45) is 0.936. The Kier molecular flexibility index (Phi) is 4.37. The number of urea groups is 1. The van der Waals surface area contributed by atoms with Crippen molar-refractivity contribution in [3.05, 3.63) is 71.3 Å². The fourth-order valence-corrected chi connectivity index (χ4v) is 3.07. The highest BCUT2D eigenvalue weighted by Gasteiger charge is 2.24. The standard InChI is InChI=1S/C20H24N2O/c1-20(2,18-10-4-3-5-11-18)15-21-19(23)22-13-12-16-8-6-7-9-17(16)14-22/h3-11H,12-15H2,1-2H3,(H,21,23). The van der Waals surface area contributed by atoms with Gasteiger partial charge in [-0.1, -0.05) is 68.4 Å². The van der Waals surface area contributed by atoms with Crippen molar-refractivity contribution in [3.63, 3.8) is 0 Å². The van der Waals surface area contributed by atoms with Crippen molar-refractivity contribution >= 4 is 6.03 Å². The first kappa shape index (κ1) is 15.6. The molecule has 1 N–H and O–H groups in total. The van der Waals surface area contributed by atoms with Gasteiger partial charge in [0.15, 0.2) is 0 Å². The number of nitrogens with one attached hydrogen (secondary N) is 1. The molecule has 0 aliphatic carbocycles. The van der Waals surface area contributed by atoms with Crippen LogP contribution in [-0.4, -0.2) is 24.0 Å². The molecule has 3 nitrogen and oxygen atoms in total. The van der Waals surface area contributed by atoms with E-state index < -0.39 is 0 Å². The first-order valence-electron chi connectivity index (χ1n) is 8.21. The van der Waals surface area contributed by atoms with E-state index in [1.165, 1.54) is 16.7 Å². The van der Waals surface area contributed by atoms with Crippen molar-refractivity contribution < 1.29 is 4.79 Å². The molecule has 0 radical (unpaired) electrons. The van der Waals surface area contributed by atoms with Crippen LogP contribution in [0.15, 0.2) is 54.6 Å². The monoisotopic (exact) mass is 308 g/mol. The number of benzene rings is 2. The van der Waals surface area contributed by atoms with Gasteiger partial charge in [-0.05, 0) is 23.1 Å². The van der Waals surface area contributed by atoms with Gasteiger partial charge in [-0.25, -0.2) is 4.79 Å². The molecule has 2 aromatic carbocycles. The molecule has 1 aliphatic rings. The van der Waals surface area contributed by atoms with E-state index in [0.29, 0.717) is 13.1 Å². The Bertz CT molecular complexity index is 679. The number of carbonyl (C=O) groups is 1. The molecule has 3 rings (SSSR count). The second-order valence-corrected chi connectivity index (χ2v) is 6.85. The van der Waals surface area contributed by atoms with Gasteiger partial charge < -0.3 is 10.2 Å². The van der Waals surface area contributed by atoms with Crippen molar-refractivity contribution in [1.29, 1.82) is 0 Å². The molecule has 0 fully saturated rings. The third kappa shape index (κ3) is 3.55. The van der Waals surface area contributed by atoms with Crippen LogP contribution in [0.2, 0.25) is 0 Å². The molecular formula is C20H24N2O. The molecule has 23 heavy (non-hydrogen) atoms. The Balaban J connectivity index is 1.60. The van der Waals surface area contributed by atoms with Crippen LogP contribution in [0.25, 0.3) is 0 Å². The lowest BCUT2D eigenvalue weighted by atomic mass is 9.85. The summed E-state index contributed by atoms with van der Waals surface area (Å²) in [5.41, 5.74) is 3.78. The van der Waals surface area contributed by atoms with Gasteiger partial charge in [-0.15, -0.1) is 0 Å². The third-order valence-corrected chi connectivity index (χ3v) is 4.65. The fraction of sp³-hybridized carbons (Fsp3) is 0.350. The van der Waals surface area contributed by atoms with Crippen molar-refractivity contribution in [2.24, 2.45) is 0 Å². The van der Waals surface area contributed by atoms with Crippen molar-refractivity contribution in [1.82, 2.24) is 10.2 Å². The largest absolute Gasteiger partial charge is 0.337 e. The van der Waals surface area contributed by atoms with Crippen LogP contribution in [-0.2, 0) is 18.4 Å². The predicted octanol–water partition coefficient (Wildman–Crippen LogP) is 3.73. The van der Waals surface area contributed by atoms with Gasteiger partial charge in [0.2, 0.25) is 0 Å².